The topological polar surface area (TPSA) is 61.4 Å². The van der Waals surface area contributed by atoms with Crippen molar-refractivity contribution < 1.29 is 14.0 Å². The summed E-state index contributed by atoms with van der Waals surface area (Å²) in [5.41, 5.74) is 1.60. The van der Waals surface area contributed by atoms with Gasteiger partial charge in [-0.1, -0.05) is 24.3 Å². The molecule has 2 aromatic rings. The Kier molecular flexibility index (Phi) is 8.17. The molecule has 1 heterocycles. The molecule has 0 aliphatic carbocycles. The number of carbonyl (C=O) groups excluding carboxylic acids is 2. The fourth-order valence-electron chi connectivity index (χ4n) is 3.64. The van der Waals surface area contributed by atoms with Crippen LogP contribution in [0.4, 0.5) is 10.1 Å². The van der Waals surface area contributed by atoms with Crippen LogP contribution in [0.1, 0.15) is 39.1 Å². The van der Waals surface area contributed by atoms with Gasteiger partial charge in [0.1, 0.15) is 5.82 Å². The van der Waals surface area contributed by atoms with Crippen LogP contribution >= 0.6 is 12.4 Å². The molecule has 0 aromatic heterocycles. The van der Waals surface area contributed by atoms with Gasteiger partial charge < -0.3 is 15.5 Å². The van der Waals surface area contributed by atoms with Crippen LogP contribution < -0.4 is 10.6 Å². The minimum atomic E-state index is -0.590. The van der Waals surface area contributed by atoms with Crippen LogP contribution in [0.3, 0.4) is 0 Å². The van der Waals surface area contributed by atoms with E-state index in [0.717, 1.165) is 24.9 Å². The van der Waals surface area contributed by atoms with E-state index in [1.165, 1.54) is 18.2 Å². The third kappa shape index (κ3) is 5.34. The van der Waals surface area contributed by atoms with E-state index in [4.69, 9.17) is 0 Å². The van der Waals surface area contributed by atoms with Crippen molar-refractivity contribution in [3.8, 4) is 0 Å². The van der Waals surface area contributed by atoms with Crippen molar-refractivity contribution in [2.24, 2.45) is 5.92 Å². The molecule has 0 saturated carbocycles. The highest BCUT2D eigenvalue weighted by molar-refractivity contribution is 6.09. The van der Waals surface area contributed by atoms with E-state index in [9.17, 15) is 14.0 Å². The maximum atomic E-state index is 14.0. The molecule has 2 amide bonds. The van der Waals surface area contributed by atoms with Crippen LogP contribution in [0.25, 0.3) is 0 Å². The van der Waals surface area contributed by atoms with Crippen LogP contribution in [0.2, 0.25) is 0 Å². The largest absolute Gasteiger partial charge is 0.339 e. The lowest BCUT2D eigenvalue weighted by Crippen LogP contribution is -2.40. The molecule has 0 radical (unpaired) electrons. The molecule has 5 nitrogen and oxygen atoms in total. The van der Waals surface area contributed by atoms with E-state index in [1.807, 2.05) is 24.9 Å². The number of benzene rings is 2. The molecule has 1 aliphatic heterocycles. The fourth-order valence-corrected chi connectivity index (χ4v) is 3.64. The normalized spacial score (nSPS) is 14.2. The Bertz CT molecular complexity index is 867. The molecule has 0 atom stereocenters. The molecule has 7 heteroatoms. The number of aryl methyl sites for hydroxylation is 1. The first-order chi connectivity index (χ1) is 13.5. The Morgan fingerprint density at radius 3 is 2.38 bits per heavy atom. The second kappa shape index (κ2) is 10.4. The molecular formula is C22H27ClFN3O2. The van der Waals surface area contributed by atoms with Crippen molar-refractivity contribution in [1.82, 2.24) is 10.2 Å². The molecule has 1 aliphatic rings. The van der Waals surface area contributed by atoms with Gasteiger partial charge in [-0.3, -0.25) is 9.59 Å². The average molecular weight is 420 g/mol. The summed E-state index contributed by atoms with van der Waals surface area (Å²) in [7, 11) is 1.94. The predicted molar refractivity (Wildman–Crippen MR) is 115 cm³/mol. The van der Waals surface area contributed by atoms with Crippen molar-refractivity contribution in [3.63, 3.8) is 0 Å². The number of nitrogens with one attached hydrogen (secondary N) is 2. The molecular weight excluding hydrogens is 393 g/mol. The quantitative estimate of drug-likeness (QED) is 0.773. The molecule has 2 N–H and O–H groups in total. The highest BCUT2D eigenvalue weighted by atomic mass is 35.5. The Balaban J connectivity index is 0.00000300. The van der Waals surface area contributed by atoms with E-state index < -0.39 is 11.7 Å². The summed E-state index contributed by atoms with van der Waals surface area (Å²) in [5.74, 6) is -0.676. The maximum Gasteiger partial charge on any atom is 0.258 e. The number of likely N-dealkylation sites (tertiary alicyclic amines) is 1. The fraction of sp³-hybridized carbons (Fsp3) is 0.364. The first-order valence-corrected chi connectivity index (χ1v) is 9.60. The van der Waals surface area contributed by atoms with Gasteiger partial charge in [0.05, 0.1) is 16.8 Å². The first-order valence-electron chi connectivity index (χ1n) is 9.60. The zero-order valence-electron chi connectivity index (χ0n) is 16.7. The molecule has 1 fully saturated rings. The number of rotatable bonds is 5. The number of nitrogens with zero attached hydrogens (tertiary/aromatic N) is 1. The Hall–Kier alpha value is -2.44. The number of hydrogen-bond donors (Lipinski definition) is 2. The van der Waals surface area contributed by atoms with Crippen LogP contribution in [0.5, 0.6) is 0 Å². The van der Waals surface area contributed by atoms with Gasteiger partial charge in [0.2, 0.25) is 0 Å². The second-order valence-corrected chi connectivity index (χ2v) is 7.22. The van der Waals surface area contributed by atoms with Gasteiger partial charge in [-0.25, -0.2) is 4.39 Å². The Morgan fingerprint density at radius 1 is 1.07 bits per heavy atom. The lowest BCUT2D eigenvalue weighted by Gasteiger charge is -2.32. The highest BCUT2D eigenvalue weighted by Gasteiger charge is 2.26. The van der Waals surface area contributed by atoms with Crippen molar-refractivity contribution >= 4 is 29.9 Å². The highest BCUT2D eigenvalue weighted by Crippen LogP contribution is 2.26. The average Bonchev–Trinajstić information content (AvgIpc) is 2.70. The smallest absolute Gasteiger partial charge is 0.258 e. The summed E-state index contributed by atoms with van der Waals surface area (Å²) in [4.78, 5) is 27.5. The lowest BCUT2D eigenvalue weighted by atomic mass is 9.96. The van der Waals surface area contributed by atoms with E-state index in [2.05, 4.69) is 10.6 Å². The second-order valence-electron chi connectivity index (χ2n) is 7.22. The van der Waals surface area contributed by atoms with E-state index in [1.54, 1.807) is 18.2 Å². The monoisotopic (exact) mass is 419 g/mol. The number of anilines is 1. The van der Waals surface area contributed by atoms with Crippen molar-refractivity contribution in [2.75, 3.05) is 32.0 Å². The van der Waals surface area contributed by atoms with Crippen molar-refractivity contribution in [3.05, 3.63) is 65.0 Å². The first kappa shape index (κ1) is 22.8. The molecule has 156 valence electrons. The van der Waals surface area contributed by atoms with Gasteiger partial charge in [-0.15, -0.1) is 12.4 Å². The van der Waals surface area contributed by atoms with Gasteiger partial charge in [0.15, 0.2) is 0 Å². The summed E-state index contributed by atoms with van der Waals surface area (Å²) in [6, 6.07) is 11.2. The Morgan fingerprint density at radius 2 is 1.72 bits per heavy atom. The summed E-state index contributed by atoms with van der Waals surface area (Å²) in [5, 5.41) is 5.94. The van der Waals surface area contributed by atoms with E-state index in [0.29, 0.717) is 30.3 Å². The van der Waals surface area contributed by atoms with Gasteiger partial charge >= 0.3 is 0 Å². The minimum absolute atomic E-state index is 0. The summed E-state index contributed by atoms with van der Waals surface area (Å²) in [6.07, 6.45) is 1.91. The number of piperidine rings is 1. The summed E-state index contributed by atoms with van der Waals surface area (Å²) < 4.78 is 14.0. The maximum absolute atomic E-state index is 14.0. The minimum Gasteiger partial charge on any atom is -0.339 e. The molecule has 0 spiro atoms. The Labute approximate surface area is 177 Å². The van der Waals surface area contributed by atoms with Crippen LogP contribution in [-0.2, 0) is 0 Å². The van der Waals surface area contributed by atoms with Crippen LogP contribution in [-0.4, -0.2) is 43.4 Å². The number of hydrogen-bond acceptors (Lipinski definition) is 3. The van der Waals surface area contributed by atoms with Crippen molar-refractivity contribution in [1.29, 1.82) is 0 Å². The molecule has 1 saturated heterocycles. The van der Waals surface area contributed by atoms with Gasteiger partial charge in [-0.2, -0.15) is 0 Å². The number of amides is 2. The lowest BCUT2D eigenvalue weighted by molar-refractivity contribution is 0.0692. The number of carbonyl (C=O) groups is 2. The van der Waals surface area contributed by atoms with Crippen LogP contribution in [0.15, 0.2) is 42.5 Å². The molecule has 0 bridgehead atoms. The SMILES string of the molecule is CNCC1CCN(C(=O)c2cccc(C)c2NC(=O)c2ccccc2F)CC1.Cl. The molecule has 29 heavy (non-hydrogen) atoms. The number of halogens is 2. The van der Waals surface area contributed by atoms with Gasteiger partial charge in [-0.05, 0) is 63.0 Å². The van der Waals surface area contributed by atoms with E-state index in [-0.39, 0.29) is 23.9 Å². The molecule has 0 unspecified atom stereocenters. The predicted octanol–water partition coefficient (Wildman–Crippen LogP) is 3.88. The zero-order valence-corrected chi connectivity index (χ0v) is 17.5. The summed E-state index contributed by atoms with van der Waals surface area (Å²) >= 11 is 0. The zero-order chi connectivity index (χ0) is 20.1. The van der Waals surface area contributed by atoms with Gasteiger partial charge in [0, 0.05) is 13.1 Å². The van der Waals surface area contributed by atoms with Gasteiger partial charge in [0.25, 0.3) is 11.8 Å². The van der Waals surface area contributed by atoms with Crippen LogP contribution in [0, 0.1) is 18.7 Å². The molecule has 3 rings (SSSR count). The standard InChI is InChI=1S/C22H26FN3O2.ClH/c1-15-6-5-8-18(22(28)26-12-10-16(11-13-26)14-24-2)20(15)25-21(27)17-7-3-4-9-19(17)23;/h3-9,16,24H,10-14H2,1-2H3,(H,25,27);1H. The molecule has 2 aromatic carbocycles. The summed E-state index contributed by atoms with van der Waals surface area (Å²) in [6.45, 7) is 4.17. The number of para-hydroxylation sites is 1. The van der Waals surface area contributed by atoms with E-state index >= 15 is 0 Å². The third-order valence-electron chi connectivity index (χ3n) is 5.25. The van der Waals surface area contributed by atoms with Crippen molar-refractivity contribution in [2.45, 2.75) is 19.8 Å². The third-order valence-corrected chi connectivity index (χ3v) is 5.25.